The number of benzene rings is 1. The fourth-order valence-electron chi connectivity index (χ4n) is 1.54. The number of anilines is 1. The van der Waals surface area contributed by atoms with E-state index in [9.17, 15) is 4.79 Å². The largest absolute Gasteiger partial charge is 0.319 e. The van der Waals surface area contributed by atoms with Crippen LogP contribution in [0.4, 0.5) is 5.69 Å². The molecule has 0 spiro atoms. The maximum Gasteiger partial charge on any atom is 0.257 e. The maximum atomic E-state index is 12.2. The molecule has 0 aliphatic carbocycles. The lowest BCUT2D eigenvalue weighted by Gasteiger charge is -2.10. The monoisotopic (exact) mass is 358 g/mol. The summed E-state index contributed by atoms with van der Waals surface area (Å²) < 4.78 is 0.663. The van der Waals surface area contributed by atoms with E-state index in [1.54, 1.807) is 30.5 Å². The zero-order chi connectivity index (χ0) is 14.0. The maximum absolute atomic E-state index is 12.2. The first-order valence-corrected chi connectivity index (χ1v) is 6.92. The number of hydrogen-bond acceptors (Lipinski definition) is 2. The Kier molecular flexibility index (Phi) is 4.45. The van der Waals surface area contributed by atoms with Crippen molar-refractivity contribution in [3.05, 3.63) is 56.2 Å². The van der Waals surface area contributed by atoms with Crippen LogP contribution in [-0.4, -0.2) is 10.9 Å². The molecule has 0 atom stereocenters. The molecule has 0 bridgehead atoms. The van der Waals surface area contributed by atoms with Gasteiger partial charge in [-0.2, -0.15) is 0 Å². The molecule has 19 heavy (non-hydrogen) atoms. The van der Waals surface area contributed by atoms with Gasteiger partial charge in [-0.05, 0) is 46.6 Å². The van der Waals surface area contributed by atoms with Gasteiger partial charge in [0.05, 0.1) is 16.3 Å². The summed E-state index contributed by atoms with van der Waals surface area (Å²) in [6.45, 7) is 1.84. The predicted octanol–water partition coefficient (Wildman–Crippen LogP) is 4.71. The lowest BCUT2D eigenvalue weighted by molar-refractivity contribution is 0.102. The van der Waals surface area contributed by atoms with E-state index in [2.05, 4.69) is 26.2 Å². The van der Waals surface area contributed by atoms with E-state index in [0.29, 0.717) is 20.7 Å². The Morgan fingerprint density at radius 2 is 2.05 bits per heavy atom. The molecule has 0 fully saturated rings. The number of rotatable bonds is 2. The van der Waals surface area contributed by atoms with E-state index in [0.717, 1.165) is 5.56 Å². The van der Waals surface area contributed by atoms with Gasteiger partial charge in [-0.15, -0.1) is 0 Å². The van der Waals surface area contributed by atoms with Crippen molar-refractivity contribution in [2.45, 2.75) is 6.92 Å². The minimum Gasteiger partial charge on any atom is -0.319 e. The Morgan fingerprint density at radius 1 is 1.32 bits per heavy atom. The molecule has 2 aromatic rings. The predicted molar refractivity (Wildman–Crippen MR) is 81.1 cm³/mol. The van der Waals surface area contributed by atoms with Gasteiger partial charge in [0.25, 0.3) is 5.91 Å². The van der Waals surface area contributed by atoms with E-state index in [1.165, 1.54) is 0 Å². The van der Waals surface area contributed by atoms with Crippen LogP contribution in [0.2, 0.25) is 10.2 Å². The first-order valence-electron chi connectivity index (χ1n) is 5.37. The second-order valence-corrected chi connectivity index (χ2v) is 5.44. The SMILES string of the molecule is Cc1ccnc(Cl)c1NC(=O)c1cccc(Br)c1Cl. The molecule has 1 heterocycles. The highest BCUT2D eigenvalue weighted by molar-refractivity contribution is 9.10. The summed E-state index contributed by atoms with van der Waals surface area (Å²) in [6.07, 6.45) is 1.58. The Labute approximate surface area is 129 Å². The molecule has 0 saturated carbocycles. The summed E-state index contributed by atoms with van der Waals surface area (Å²) in [4.78, 5) is 16.1. The number of carbonyl (C=O) groups is 1. The van der Waals surface area contributed by atoms with Crippen molar-refractivity contribution in [1.82, 2.24) is 4.98 Å². The Morgan fingerprint density at radius 3 is 2.74 bits per heavy atom. The molecule has 3 nitrogen and oxygen atoms in total. The van der Waals surface area contributed by atoms with Crippen LogP contribution in [0.15, 0.2) is 34.9 Å². The van der Waals surface area contributed by atoms with Crippen LogP contribution in [0.25, 0.3) is 0 Å². The zero-order valence-electron chi connectivity index (χ0n) is 9.88. The Bertz CT molecular complexity index is 626. The van der Waals surface area contributed by atoms with Crippen molar-refractivity contribution in [2.24, 2.45) is 0 Å². The normalized spacial score (nSPS) is 10.3. The third-order valence-corrected chi connectivity index (χ3v) is 4.13. The first kappa shape index (κ1) is 14.3. The summed E-state index contributed by atoms with van der Waals surface area (Å²) in [6, 6.07) is 6.91. The second kappa shape index (κ2) is 5.90. The molecular formula is C13H9BrCl2N2O. The standard InChI is InChI=1S/C13H9BrCl2N2O/c1-7-5-6-17-12(16)11(7)18-13(19)8-3-2-4-9(14)10(8)15/h2-6H,1H3,(H,18,19). The molecule has 98 valence electrons. The third kappa shape index (κ3) is 3.08. The van der Waals surface area contributed by atoms with Gasteiger partial charge >= 0.3 is 0 Å². The minimum atomic E-state index is -0.329. The molecule has 0 radical (unpaired) electrons. The first-order chi connectivity index (χ1) is 9.00. The van der Waals surface area contributed by atoms with E-state index in [1.807, 2.05) is 6.92 Å². The molecule has 0 unspecified atom stereocenters. The number of carbonyl (C=O) groups excluding carboxylic acids is 1. The number of halogens is 3. The number of nitrogens with one attached hydrogen (secondary N) is 1. The smallest absolute Gasteiger partial charge is 0.257 e. The van der Waals surface area contributed by atoms with Crippen LogP contribution in [0, 0.1) is 6.92 Å². The summed E-state index contributed by atoms with van der Waals surface area (Å²) in [5.74, 6) is -0.329. The molecule has 0 saturated heterocycles. The third-order valence-electron chi connectivity index (χ3n) is 2.55. The van der Waals surface area contributed by atoms with Crippen LogP contribution < -0.4 is 5.32 Å². The van der Waals surface area contributed by atoms with Crippen LogP contribution in [0.5, 0.6) is 0 Å². The van der Waals surface area contributed by atoms with Crippen LogP contribution >= 0.6 is 39.1 Å². The van der Waals surface area contributed by atoms with Crippen molar-refractivity contribution in [2.75, 3.05) is 5.32 Å². The van der Waals surface area contributed by atoms with E-state index < -0.39 is 0 Å². The van der Waals surface area contributed by atoms with E-state index in [4.69, 9.17) is 23.2 Å². The molecule has 1 aromatic heterocycles. The van der Waals surface area contributed by atoms with Gasteiger partial charge in [-0.25, -0.2) is 4.98 Å². The van der Waals surface area contributed by atoms with Crippen LogP contribution in [0.1, 0.15) is 15.9 Å². The number of aryl methyl sites for hydroxylation is 1. The highest BCUT2D eigenvalue weighted by Crippen LogP contribution is 2.28. The van der Waals surface area contributed by atoms with E-state index in [-0.39, 0.29) is 11.1 Å². The van der Waals surface area contributed by atoms with Crippen LogP contribution in [-0.2, 0) is 0 Å². The van der Waals surface area contributed by atoms with Crippen molar-refractivity contribution in [1.29, 1.82) is 0 Å². The van der Waals surface area contributed by atoms with Gasteiger partial charge in [0.15, 0.2) is 5.15 Å². The van der Waals surface area contributed by atoms with Crippen molar-refractivity contribution in [3.8, 4) is 0 Å². The molecule has 0 aliphatic heterocycles. The minimum absolute atomic E-state index is 0.250. The summed E-state index contributed by atoms with van der Waals surface area (Å²) in [5, 5.41) is 3.33. The lowest BCUT2D eigenvalue weighted by Crippen LogP contribution is -2.14. The molecule has 0 aliphatic rings. The molecular weight excluding hydrogens is 351 g/mol. The van der Waals surface area contributed by atoms with Gasteiger partial charge in [0.2, 0.25) is 0 Å². The molecule has 1 amide bonds. The summed E-state index contributed by atoms with van der Waals surface area (Å²) in [7, 11) is 0. The average Bonchev–Trinajstić information content (AvgIpc) is 2.37. The fourth-order valence-corrected chi connectivity index (χ4v) is 2.37. The number of nitrogens with zero attached hydrogens (tertiary/aromatic N) is 1. The van der Waals surface area contributed by atoms with Crippen molar-refractivity contribution in [3.63, 3.8) is 0 Å². The molecule has 1 N–H and O–H groups in total. The Balaban J connectivity index is 2.34. The lowest BCUT2D eigenvalue weighted by atomic mass is 10.2. The number of aromatic nitrogens is 1. The second-order valence-electron chi connectivity index (χ2n) is 3.85. The molecule has 6 heteroatoms. The van der Waals surface area contributed by atoms with Gasteiger partial charge in [0.1, 0.15) is 0 Å². The van der Waals surface area contributed by atoms with Gasteiger partial charge in [-0.3, -0.25) is 4.79 Å². The quantitative estimate of drug-likeness (QED) is 0.789. The van der Waals surface area contributed by atoms with E-state index >= 15 is 0 Å². The van der Waals surface area contributed by atoms with Gasteiger partial charge in [0, 0.05) is 10.7 Å². The molecule has 2 rings (SSSR count). The van der Waals surface area contributed by atoms with Gasteiger partial charge < -0.3 is 5.32 Å². The van der Waals surface area contributed by atoms with Crippen LogP contribution in [0.3, 0.4) is 0 Å². The Hall–Kier alpha value is -1.10. The number of hydrogen-bond donors (Lipinski definition) is 1. The average molecular weight is 360 g/mol. The highest BCUT2D eigenvalue weighted by atomic mass is 79.9. The summed E-state index contributed by atoms with van der Waals surface area (Å²) >= 11 is 15.3. The van der Waals surface area contributed by atoms with Gasteiger partial charge in [-0.1, -0.05) is 29.3 Å². The number of amides is 1. The molecule has 1 aromatic carbocycles. The fraction of sp³-hybridized carbons (Fsp3) is 0.0769. The number of pyridine rings is 1. The zero-order valence-corrected chi connectivity index (χ0v) is 13.0. The highest BCUT2D eigenvalue weighted by Gasteiger charge is 2.15. The summed E-state index contributed by atoms with van der Waals surface area (Å²) in [5.41, 5.74) is 1.69. The topological polar surface area (TPSA) is 42.0 Å². The van der Waals surface area contributed by atoms with Crippen molar-refractivity contribution >= 4 is 50.7 Å². The van der Waals surface area contributed by atoms with Crippen molar-refractivity contribution < 1.29 is 4.79 Å².